The number of rotatable bonds is 8. The van der Waals surface area contributed by atoms with E-state index in [-0.39, 0.29) is 5.60 Å². The van der Waals surface area contributed by atoms with E-state index >= 15 is 0 Å². The van der Waals surface area contributed by atoms with Crippen molar-refractivity contribution in [2.45, 2.75) is 64.0 Å². The van der Waals surface area contributed by atoms with Crippen LogP contribution in [-0.4, -0.2) is 24.8 Å². The summed E-state index contributed by atoms with van der Waals surface area (Å²) in [7, 11) is 0. The van der Waals surface area contributed by atoms with Crippen LogP contribution in [0.5, 0.6) is 0 Å². The summed E-state index contributed by atoms with van der Waals surface area (Å²) in [5.74, 6) is 0. The maximum Gasteiger partial charge on any atom is 0.0834 e. The Morgan fingerprint density at radius 1 is 1.37 bits per heavy atom. The van der Waals surface area contributed by atoms with Gasteiger partial charge in [-0.1, -0.05) is 25.8 Å². The zero-order valence-corrected chi connectivity index (χ0v) is 13.1. The first-order valence-corrected chi connectivity index (χ1v) is 8.58. The second-order valence-corrected chi connectivity index (χ2v) is 6.47. The van der Waals surface area contributed by atoms with Crippen molar-refractivity contribution in [3.63, 3.8) is 0 Å². The van der Waals surface area contributed by atoms with Gasteiger partial charge >= 0.3 is 0 Å². The Hall–Kier alpha value is -0.380. The third-order valence-corrected chi connectivity index (χ3v) is 5.16. The maximum atomic E-state index is 6.22. The molecule has 0 amide bonds. The molecule has 1 atom stereocenters. The van der Waals surface area contributed by atoms with Gasteiger partial charge in [0.05, 0.1) is 5.60 Å². The van der Waals surface area contributed by atoms with E-state index in [0.29, 0.717) is 6.04 Å². The van der Waals surface area contributed by atoms with Gasteiger partial charge in [0.2, 0.25) is 0 Å². The largest absolute Gasteiger partial charge is 0.374 e. The molecule has 0 aliphatic heterocycles. The molecule has 0 saturated heterocycles. The number of nitrogens with one attached hydrogen (secondary N) is 1. The Balaban J connectivity index is 2.00. The predicted octanol–water partition coefficient (Wildman–Crippen LogP) is 4.01. The molecule has 2 nitrogen and oxygen atoms in total. The molecule has 19 heavy (non-hydrogen) atoms. The number of aryl methyl sites for hydroxylation is 1. The Kier molecular flexibility index (Phi) is 5.86. The summed E-state index contributed by atoms with van der Waals surface area (Å²) in [6.07, 6.45) is 7.45. The Labute approximate surface area is 121 Å². The molecule has 1 unspecified atom stereocenters. The van der Waals surface area contributed by atoms with Gasteiger partial charge in [0, 0.05) is 17.5 Å². The molecular weight excluding hydrogens is 254 g/mol. The predicted molar refractivity (Wildman–Crippen MR) is 82.9 cm³/mol. The second-order valence-electron chi connectivity index (χ2n) is 5.43. The molecule has 1 aliphatic rings. The number of thiophene rings is 1. The first kappa shape index (κ1) is 15.0. The van der Waals surface area contributed by atoms with Crippen LogP contribution in [0.25, 0.3) is 0 Å². The Morgan fingerprint density at radius 3 is 2.74 bits per heavy atom. The minimum absolute atomic E-state index is 0.0992. The summed E-state index contributed by atoms with van der Waals surface area (Å²) in [4.78, 5) is 1.49. The normalized spacial score (nSPS) is 19.7. The molecular formula is C16H27NOS. The minimum Gasteiger partial charge on any atom is -0.374 e. The third kappa shape index (κ3) is 3.80. The SMILES string of the molecule is CCNC(CCc1cccs1)C1(OCC)CCCC1. The first-order chi connectivity index (χ1) is 9.30. The van der Waals surface area contributed by atoms with Crippen molar-refractivity contribution >= 4 is 11.3 Å². The Morgan fingerprint density at radius 2 is 2.16 bits per heavy atom. The highest BCUT2D eigenvalue weighted by Crippen LogP contribution is 2.37. The lowest BCUT2D eigenvalue weighted by molar-refractivity contribution is -0.0627. The molecule has 0 bridgehead atoms. The van der Waals surface area contributed by atoms with Crippen LogP contribution in [0.2, 0.25) is 0 Å². The van der Waals surface area contributed by atoms with Crippen LogP contribution >= 0.6 is 11.3 Å². The van der Waals surface area contributed by atoms with Gasteiger partial charge in [0.15, 0.2) is 0 Å². The number of ether oxygens (including phenoxy) is 1. The molecule has 1 N–H and O–H groups in total. The van der Waals surface area contributed by atoms with Gasteiger partial charge in [-0.05, 0) is 50.6 Å². The Bertz CT molecular complexity index is 344. The first-order valence-electron chi connectivity index (χ1n) is 7.70. The topological polar surface area (TPSA) is 21.3 Å². The molecule has 1 aliphatic carbocycles. The van der Waals surface area contributed by atoms with E-state index in [0.717, 1.165) is 13.2 Å². The quantitative estimate of drug-likeness (QED) is 0.777. The van der Waals surface area contributed by atoms with Crippen molar-refractivity contribution in [1.82, 2.24) is 5.32 Å². The summed E-state index contributed by atoms with van der Waals surface area (Å²) >= 11 is 1.87. The minimum atomic E-state index is 0.0992. The van der Waals surface area contributed by atoms with Crippen molar-refractivity contribution in [1.29, 1.82) is 0 Å². The lowest BCUT2D eigenvalue weighted by Crippen LogP contribution is -2.51. The molecule has 3 heteroatoms. The van der Waals surface area contributed by atoms with E-state index in [4.69, 9.17) is 4.74 Å². The van der Waals surface area contributed by atoms with E-state index in [1.165, 1.54) is 43.4 Å². The van der Waals surface area contributed by atoms with Gasteiger partial charge in [-0.2, -0.15) is 0 Å². The van der Waals surface area contributed by atoms with Crippen molar-refractivity contribution < 1.29 is 4.74 Å². The van der Waals surface area contributed by atoms with Gasteiger partial charge in [-0.15, -0.1) is 11.3 Å². The zero-order chi connectivity index (χ0) is 13.6. The average Bonchev–Trinajstić information content (AvgIpc) is 3.06. The molecule has 0 aromatic carbocycles. The molecule has 108 valence electrons. The van der Waals surface area contributed by atoms with Gasteiger partial charge in [-0.25, -0.2) is 0 Å². The molecule has 1 heterocycles. The average molecular weight is 281 g/mol. The molecule has 1 aromatic heterocycles. The molecule has 0 radical (unpaired) electrons. The van der Waals surface area contributed by atoms with Gasteiger partial charge in [0.25, 0.3) is 0 Å². The summed E-state index contributed by atoms with van der Waals surface area (Å²) in [5, 5.41) is 5.86. The van der Waals surface area contributed by atoms with Crippen LogP contribution in [0.3, 0.4) is 0 Å². The molecule has 2 rings (SSSR count). The van der Waals surface area contributed by atoms with Crippen LogP contribution in [0.15, 0.2) is 17.5 Å². The van der Waals surface area contributed by atoms with E-state index in [1.54, 1.807) is 0 Å². The summed E-state index contributed by atoms with van der Waals surface area (Å²) < 4.78 is 6.22. The third-order valence-electron chi connectivity index (χ3n) is 4.23. The van der Waals surface area contributed by atoms with E-state index < -0.39 is 0 Å². The molecule has 1 fully saturated rings. The fourth-order valence-corrected chi connectivity index (χ4v) is 4.12. The van der Waals surface area contributed by atoms with E-state index in [2.05, 4.69) is 36.7 Å². The number of hydrogen-bond acceptors (Lipinski definition) is 3. The fourth-order valence-electron chi connectivity index (χ4n) is 3.39. The van der Waals surface area contributed by atoms with E-state index in [1.807, 2.05) is 11.3 Å². The van der Waals surface area contributed by atoms with Crippen molar-refractivity contribution in [3.05, 3.63) is 22.4 Å². The monoisotopic (exact) mass is 281 g/mol. The van der Waals surface area contributed by atoms with E-state index in [9.17, 15) is 0 Å². The molecule has 1 aromatic rings. The zero-order valence-electron chi connectivity index (χ0n) is 12.3. The molecule has 0 spiro atoms. The molecule has 1 saturated carbocycles. The highest BCUT2D eigenvalue weighted by atomic mass is 32.1. The van der Waals surface area contributed by atoms with Crippen LogP contribution < -0.4 is 5.32 Å². The summed E-state index contributed by atoms with van der Waals surface area (Å²) in [6, 6.07) is 4.90. The van der Waals surface area contributed by atoms with Gasteiger partial charge in [-0.3, -0.25) is 0 Å². The standard InChI is InChI=1S/C16H27NOS/c1-3-17-15(10-9-14-8-7-13-19-14)16(18-4-2)11-5-6-12-16/h7-8,13,15,17H,3-6,9-12H2,1-2H3. The maximum absolute atomic E-state index is 6.22. The highest BCUT2D eigenvalue weighted by Gasteiger charge is 2.41. The summed E-state index contributed by atoms with van der Waals surface area (Å²) in [6.45, 7) is 6.19. The van der Waals surface area contributed by atoms with Crippen molar-refractivity contribution in [3.8, 4) is 0 Å². The van der Waals surface area contributed by atoms with Crippen molar-refractivity contribution in [2.75, 3.05) is 13.2 Å². The van der Waals surface area contributed by atoms with Crippen LogP contribution in [0, 0.1) is 0 Å². The van der Waals surface area contributed by atoms with Crippen molar-refractivity contribution in [2.24, 2.45) is 0 Å². The highest BCUT2D eigenvalue weighted by molar-refractivity contribution is 7.09. The van der Waals surface area contributed by atoms with Gasteiger partial charge in [0.1, 0.15) is 0 Å². The number of likely N-dealkylation sites (N-methyl/N-ethyl adjacent to an activating group) is 1. The second kappa shape index (κ2) is 7.41. The van der Waals surface area contributed by atoms with Gasteiger partial charge < -0.3 is 10.1 Å². The number of hydrogen-bond donors (Lipinski definition) is 1. The smallest absolute Gasteiger partial charge is 0.0834 e. The summed E-state index contributed by atoms with van der Waals surface area (Å²) in [5.41, 5.74) is 0.0992. The fraction of sp³-hybridized carbons (Fsp3) is 0.750. The van der Waals surface area contributed by atoms with Crippen LogP contribution in [-0.2, 0) is 11.2 Å². The lowest BCUT2D eigenvalue weighted by atomic mass is 9.88. The van der Waals surface area contributed by atoms with Crippen LogP contribution in [0.1, 0.15) is 50.8 Å². The lowest BCUT2D eigenvalue weighted by Gasteiger charge is -2.38. The van der Waals surface area contributed by atoms with Crippen LogP contribution in [0.4, 0.5) is 0 Å².